The van der Waals surface area contributed by atoms with E-state index in [1.54, 1.807) is 0 Å². The van der Waals surface area contributed by atoms with E-state index in [4.69, 9.17) is 16.3 Å². The second kappa shape index (κ2) is 8.54. The molecule has 26 heavy (non-hydrogen) atoms. The molecule has 0 saturated heterocycles. The van der Waals surface area contributed by atoms with E-state index in [0.29, 0.717) is 10.8 Å². The van der Waals surface area contributed by atoms with E-state index >= 15 is 0 Å². The van der Waals surface area contributed by atoms with Gasteiger partial charge < -0.3 is 10.1 Å². The Hall–Kier alpha value is -2.78. The van der Waals surface area contributed by atoms with Crippen LogP contribution >= 0.6 is 11.6 Å². The molecule has 0 unspecified atom stereocenters. The Morgan fingerprint density at radius 3 is 2.35 bits per heavy atom. The molecule has 0 aliphatic heterocycles. The van der Waals surface area contributed by atoms with Crippen molar-refractivity contribution in [3.63, 3.8) is 0 Å². The number of halogens is 1. The maximum Gasteiger partial charge on any atom is 0.258 e. The van der Waals surface area contributed by atoms with Crippen LogP contribution in [0.25, 0.3) is 0 Å². The zero-order valence-electron chi connectivity index (χ0n) is 14.5. The van der Waals surface area contributed by atoms with Crippen molar-refractivity contribution in [2.45, 2.75) is 13.0 Å². The van der Waals surface area contributed by atoms with Gasteiger partial charge in [0.1, 0.15) is 5.75 Å². The number of amides is 1. The molecule has 132 valence electrons. The van der Waals surface area contributed by atoms with Gasteiger partial charge in [0.05, 0.1) is 6.04 Å². The SMILES string of the molecule is Cc1cccc(OCC(=O)N[C@@H](c2ccccc2)c2ccc(Cl)cc2)c1. The van der Waals surface area contributed by atoms with Crippen molar-refractivity contribution in [2.75, 3.05) is 6.61 Å². The molecule has 0 aromatic heterocycles. The molecule has 0 bridgehead atoms. The van der Waals surface area contributed by atoms with Crippen molar-refractivity contribution in [3.8, 4) is 5.75 Å². The van der Waals surface area contributed by atoms with Crippen LogP contribution in [0.4, 0.5) is 0 Å². The highest BCUT2D eigenvalue weighted by molar-refractivity contribution is 6.30. The van der Waals surface area contributed by atoms with E-state index < -0.39 is 0 Å². The second-order valence-corrected chi connectivity index (χ2v) is 6.50. The number of benzene rings is 3. The van der Waals surface area contributed by atoms with Gasteiger partial charge >= 0.3 is 0 Å². The van der Waals surface area contributed by atoms with Gasteiger partial charge in [0.2, 0.25) is 0 Å². The molecule has 3 aromatic carbocycles. The average Bonchev–Trinajstić information content (AvgIpc) is 2.66. The fourth-order valence-corrected chi connectivity index (χ4v) is 2.84. The van der Waals surface area contributed by atoms with Crippen LogP contribution in [-0.2, 0) is 4.79 Å². The van der Waals surface area contributed by atoms with Crippen LogP contribution in [0.15, 0.2) is 78.9 Å². The smallest absolute Gasteiger partial charge is 0.258 e. The van der Waals surface area contributed by atoms with Crippen LogP contribution < -0.4 is 10.1 Å². The van der Waals surface area contributed by atoms with Crippen LogP contribution in [-0.4, -0.2) is 12.5 Å². The molecule has 1 atom stereocenters. The van der Waals surface area contributed by atoms with E-state index in [1.165, 1.54) is 0 Å². The topological polar surface area (TPSA) is 38.3 Å². The van der Waals surface area contributed by atoms with Gasteiger partial charge in [-0.3, -0.25) is 4.79 Å². The van der Waals surface area contributed by atoms with Crippen molar-refractivity contribution in [2.24, 2.45) is 0 Å². The Morgan fingerprint density at radius 2 is 1.65 bits per heavy atom. The Morgan fingerprint density at radius 1 is 0.962 bits per heavy atom. The monoisotopic (exact) mass is 365 g/mol. The molecule has 4 heteroatoms. The number of ether oxygens (including phenoxy) is 1. The third-order valence-corrected chi connectivity index (χ3v) is 4.25. The minimum Gasteiger partial charge on any atom is -0.484 e. The maximum absolute atomic E-state index is 12.5. The summed E-state index contributed by atoms with van der Waals surface area (Å²) >= 11 is 5.99. The van der Waals surface area contributed by atoms with Crippen LogP contribution in [0.2, 0.25) is 5.02 Å². The lowest BCUT2D eigenvalue weighted by Crippen LogP contribution is -2.33. The Kier molecular flexibility index (Phi) is 5.92. The molecule has 3 aromatic rings. The van der Waals surface area contributed by atoms with Crippen LogP contribution in [0.5, 0.6) is 5.75 Å². The zero-order valence-corrected chi connectivity index (χ0v) is 15.2. The first-order valence-corrected chi connectivity index (χ1v) is 8.79. The molecule has 0 saturated carbocycles. The quantitative estimate of drug-likeness (QED) is 0.672. The van der Waals surface area contributed by atoms with Gasteiger partial charge in [0.25, 0.3) is 5.91 Å². The van der Waals surface area contributed by atoms with E-state index in [-0.39, 0.29) is 18.6 Å². The fourth-order valence-electron chi connectivity index (χ4n) is 2.72. The number of carbonyl (C=O) groups is 1. The normalized spacial score (nSPS) is 11.6. The molecular formula is C22H20ClNO2. The fraction of sp³-hybridized carbons (Fsp3) is 0.136. The van der Waals surface area contributed by atoms with Gasteiger partial charge in [-0.25, -0.2) is 0 Å². The predicted molar refractivity (Wildman–Crippen MR) is 105 cm³/mol. The summed E-state index contributed by atoms with van der Waals surface area (Å²) in [7, 11) is 0. The highest BCUT2D eigenvalue weighted by Crippen LogP contribution is 2.23. The number of rotatable bonds is 6. The van der Waals surface area contributed by atoms with Gasteiger partial charge in [-0.2, -0.15) is 0 Å². The first-order chi connectivity index (χ1) is 12.6. The van der Waals surface area contributed by atoms with Crippen molar-refractivity contribution in [1.82, 2.24) is 5.32 Å². The van der Waals surface area contributed by atoms with Gasteiger partial charge in [-0.05, 0) is 47.9 Å². The van der Waals surface area contributed by atoms with Crippen molar-refractivity contribution in [3.05, 3.63) is 101 Å². The van der Waals surface area contributed by atoms with Gasteiger partial charge in [-0.1, -0.05) is 66.2 Å². The summed E-state index contributed by atoms with van der Waals surface area (Å²) in [5.74, 6) is 0.498. The van der Waals surface area contributed by atoms with Crippen molar-refractivity contribution in [1.29, 1.82) is 0 Å². The maximum atomic E-state index is 12.5. The summed E-state index contributed by atoms with van der Waals surface area (Å²) in [6.45, 7) is 1.94. The predicted octanol–water partition coefficient (Wildman–Crippen LogP) is 4.93. The van der Waals surface area contributed by atoms with E-state index in [9.17, 15) is 4.79 Å². The van der Waals surface area contributed by atoms with Crippen molar-refractivity contribution >= 4 is 17.5 Å². The average molecular weight is 366 g/mol. The first kappa shape index (κ1) is 18.0. The summed E-state index contributed by atoms with van der Waals surface area (Å²) < 4.78 is 5.61. The number of hydrogen-bond acceptors (Lipinski definition) is 2. The summed E-state index contributed by atoms with van der Waals surface area (Å²) in [5.41, 5.74) is 3.05. The third kappa shape index (κ3) is 4.87. The third-order valence-electron chi connectivity index (χ3n) is 4.00. The molecule has 0 spiro atoms. The lowest BCUT2D eigenvalue weighted by Gasteiger charge is -2.20. The molecular weight excluding hydrogens is 346 g/mol. The van der Waals surface area contributed by atoms with Crippen LogP contribution in [0, 0.1) is 6.92 Å². The zero-order chi connectivity index (χ0) is 18.4. The van der Waals surface area contributed by atoms with Crippen LogP contribution in [0.3, 0.4) is 0 Å². The Labute approximate surface area is 158 Å². The molecule has 3 rings (SSSR count). The minimum atomic E-state index is -0.262. The summed E-state index contributed by atoms with van der Waals surface area (Å²) in [6.07, 6.45) is 0. The first-order valence-electron chi connectivity index (χ1n) is 8.41. The highest BCUT2D eigenvalue weighted by Gasteiger charge is 2.17. The number of carbonyl (C=O) groups excluding carboxylic acids is 1. The second-order valence-electron chi connectivity index (χ2n) is 6.07. The van der Waals surface area contributed by atoms with E-state index in [0.717, 1.165) is 16.7 Å². The Balaban J connectivity index is 1.73. The van der Waals surface area contributed by atoms with Crippen LogP contribution in [0.1, 0.15) is 22.7 Å². The summed E-state index contributed by atoms with van der Waals surface area (Å²) in [5, 5.41) is 3.71. The standard InChI is InChI=1S/C22H20ClNO2/c1-16-6-5-9-20(14-16)26-15-21(25)24-22(17-7-3-2-4-8-17)18-10-12-19(23)13-11-18/h2-14,22H,15H2,1H3,(H,24,25)/t22-/m0/s1. The van der Waals surface area contributed by atoms with Crippen molar-refractivity contribution < 1.29 is 9.53 Å². The molecule has 3 nitrogen and oxygen atoms in total. The molecule has 0 aliphatic carbocycles. The van der Waals surface area contributed by atoms with E-state index in [2.05, 4.69) is 5.32 Å². The number of aryl methyl sites for hydroxylation is 1. The van der Waals surface area contributed by atoms with Gasteiger partial charge in [-0.15, -0.1) is 0 Å². The molecule has 0 aliphatic rings. The minimum absolute atomic E-state index is 0.0413. The summed E-state index contributed by atoms with van der Waals surface area (Å²) in [6, 6.07) is 24.7. The molecule has 0 heterocycles. The highest BCUT2D eigenvalue weighted by atomic mass is 35.5. The largest absolute Gasteiger partial charge is 0.484 e. The molecule has 1 N–H and O–H groups in total. The number of hydrogen-bond donors (Lipinski definition) is 1. The summed E-state index contributed by atoms with van der Waals surface area (Å²) in [4.78, 5) is 12.5. The lowest BCUT2D eigenvalue weighted by molar-refractivity contribution is -0.123. The Bertz CT molecular complexity index is 863. The molecule has 1 amide bonds. The van der Waals surface area contributed by atoms with Gasteiger partial charge in [0, 0.05) is 5.02 Å². The van der Waals surface area contributed by atoms with E-state index in [1.807, 2.05) is 85.8 Å². The lowest BCUT2D eigenvalue weighted by atomic mass is 9.99. The molecule has 0 radical (unpaired) electrons. The van der Waals surface area contributed by atoms with Gasteiger partial charge in [0.15, 0.2) is 6.61 Å². The molecule has 0 fully saturated rings. The number of nitrogens with one attached hydrogen (secondary N) is 1.